The van der Waals surface area contributed by atoms with Crippen LogP contribution in [0.5, 0.6) is 5.75 Å². The van der Waals surface area contributed by atoms with Crippen molar-refractivity contribution in [3.63, 3.8) is 0 Å². The van der Waals surface area contributed by atoms with Gasteiger partial charge in [-0.1, -0.05) is 48.5 Å². The Hall–Kier alpha value is -3.08. The number of nitrogens with one attached hydrogen (secondary N) is 1. The molecule has 5 nitrogen and oxygen atoms in total. The van der Waals surface area contributed by atoms with Gasteiger partial charge in [0.2, 0.25) is 0 Å². The Kier molecular flexibility index (Phi) is 6.14. The molecule has 2 aromatic carbocycles. The van der Waals surface area contributed by atoms with E-state index in [1.165, 1.54) is 5.56 Å². The summed E-state index contributed by atoms with van der Waals surface area (Å²) >= 11 is 0. The van der Waals surface area contributed by atoms with Crippen molar-refractivity contribution in [3.8, 4) is 5.75 Å². The zero-order chi connectivity index (χ0) is 20.1. The third-order valence-electron chi connectivity index (χ3n) is 4.92. The van der Waals surface area contributed by atoms with E-state index in [9.17, 15) is 4.79 Å². The van der Waals surface area contributed by atoms with Crippen LogP contribution in [0, 0.1) is 13.8 Å². The molecule has 1 aromatic heterocycles. The Morgan fingerprint density at radius 1 is 1.14 bits per heavy atom. The van der Waals surface area contributed by atoms with Crippen molar-refractivity contribution in [1.82, 2.24) is 10.5 Å². The SMILES string of the molecule is CCc1ccc(C(C)NC(=O)c2ccccc2OCc2c(C)noc2C)cc1. The molecular formula is C23H26N2O3. The Balaban J connectivity index is 1.71. The summed E-state index contributed by atoms with van der Waals surface area (Å²) in [5, 5.41) is 6.99. The predicted molar refractivity (Wildman–Crippen MR) is 108 cm³/mol. The second-order valence-corrected chi connectivity index (χ2v) is 6.88. The van der Waals surface area contributed by atoms with Crippen molar-refractivity contribution < 1.29 is 14.1 Å². The molecule has 1 amide bonds. The van der Waals surface area contributed by atoms with Crippen LogP contribution < -0.4 is 10.1 Å². The van der Waals surface area contributed by atoms with E-state index in [2.05, 4.69) is 41.7 Å². The molecule has 0 bridgehead atoms. The zero-order valence-electron chi connectivity index (χ0n) is 16.8. The molecule has 0 saturated carbocycles. The van der Waals surface area contributed by atoms with Crippen molar-refractivity contribution in [3.05, 3.63) is 82.2 Å². The number of hydrogen-bond acceptors (Lipinski definition) is 4. The molecule has 0 radical (unpaired) electrons. The summed E-state index contributed by atoms with van der Waals surface area (Å²) in [6.45, 7) is 8.13. The average molecular weight is 378 g/mol. The van der Waals surface area contributed by atoms with E-state index >= 15 is 0 Å². The molecule has 3 aromatic rings. The van der Waals surface area contributed by atoms with Gasteiger partial charge in [0.25, 0.3) is 5.91 Å². The van der Waals surface area contributed by atoms with Crippen LogP contribution in [-0.2, 0) is 13.0 Å². The molecule has 146 valence electrons. The number of carbonyl (C=O) groups excluding carboxylic acids is 1. The first-order chi connectivity index (χ1) is 13.5. The number of benzene rings is 2. The number of ether oxygens (including phenoxy) is 1. The van der Waals surface area contributed by atoms with E-state index in [1.807, 2.05) is 32.9 Å². The highest BCUT2D eigenvalue weighted by Crippen LogP contribution is 2.23. The third kappa shape index (κ3) is 4.42. The normalized spacial score (nSPS) is 11.9. The smallest absolute Gasteiger partial charge is 0.255 e. The van der Waals surface area contributed by atoms with Crippen LogP contribution in [-0.4, -0.2) is 11.1 Å². The quantitative estimate of drug-likeness (QED) is 0.633. The monoisotopic (exact) mass is 378 g/mol. The van der Waals surface area contributed by atoms with Gasteiger partial charge in [0, 0.05) is 0 Å². The van der Waals surface area contributed by atoms with Gasteiger partial charge in [-0.3, -0.25) is 4.79 Å². The first kappa shape index (κ1) is 19.7. The maximum atomic E-state index is 12.8. The highest BCUT2D eigenvalue weighted by molar-refractivity contribution is 5.97. The minimum Gasteiger partial charge on any atom is -0.488 e. The third-order valence-corrected chi connectivity index (χ3v) is 4.92. The fourth-order valence-electron chi connectivity index (χ4n) is 3.04. The van der Waals surface area contributed by atoms with E-state index in [1.54, 1.807) is 12.1 Å². The first-order valence-corrected chi connectivity index (χ1v) is 9.52. The van der Waals surface area contributed by atoms with E-state index in [0.717, 1.165) is 29.0 Å². The molecule has 0 aliphatic rings. The summed E-state index contributed by atoms with van der Waals surface area (Å²) in [6, 6.07) is 15.5. The highest BCUT2D eigenvalue weighted by atomic mass is 16.5. The van der Waals surface area contributed by atoms with Crippen molar-refractivity contribution >= 4 is 5.91 Å². The Bertz CT molecular complexity index is 925. The van der Waals surface area contributed by atoms with Crippen LogP contribution >= 0.6 is 0 Å². The number of carbonyl (C=O) groups is 1. The van der Waals surface area contributed by atoms with Gasteiger partial charge in [-0.2, -0.15) is 0 Å². The number of rotatable bonds is 7. The lowest BCUT2D eigenvalue weighted by Gasteiger charge is -2.17. The van der Waals surface area contributed by atoms with E-state index in [0.29, 0.717) is 17.9 Å². The lowest BCUT2D eigenvalue weighted by Crippen LogP contribution is -2.27. The molecular weight excluding hydrogens is 352 g/mol. The van der Waals surface area contributed by atoms with Crippen LogP contribution in [0.4, 0.5) is 0 Å². The van der Waals surface area contributed by atoms with Gasteiger partial charge in [-0.25, -0.2) is 0 Å². The molecule has 1 N–H and O–H groups in total. The second-order valence-electron chi connectivity index (χ2n) is 6.88. The van der Waals surface area contributed by atoms with Crippen LogP contribution in [0.25, 0.3) is 0 Å². The Morgan fingerprint density at radius 3 is 2.50 bits per heavy atom. The molecule has 0 fully saturated rings. The van der Waals surface area contributed by atoms with Gasteiger partial charge in [-0.15, -0.1) is 0 Å². The van der Waals surface area contributed by atoms with Crippen molar-refractivity contribution in [1.29, 1.82) is 0 Å². The maximum absolute atomic E-state index is 12.8. The minimum absolute atomic E-state index is 0.103. The molecule has 1 atom stereocenters. The van der Waals surface area contributed by atoms with Gasteiger partial charge >= 0.3 is 0 Å². The fourth-order valence-corrected chi connectivity index (χ4v) is 3.04. The lowest BCUT2D eigenvalue weighted by molar-refractivity contribution is 0.0935. The second kappa shape index (κ2) is 8.74. The van der Waals surface area contributed by atoms with Crippen LogP contribution in [0.15, 0.2) is 53.1 Å². The Labute approximate surface area is 165 Å². The molecule has 3 rings (SSSR count). The van der Waals surface area contributed by atoms with E-state index in [4.69, 9.17) is 9.26 Å². The van der Waals surface area contributed by atoms with Crippen LogP contribution in [0.2, 0.25) is 0 Å². The molecule has 1 heterocycles. The van der Waals surface area contributed by atoms with Crippen LogP contribution in [0.3, 0.4) is 0 Å². The van der Waals surface area contributed by atoms with Gasteiger partial charge in [-0.05, 0) is 50.5 Å². The molecule has 28 heavy (non-hydrogen) atoms. The van der Waals surface area contributed by atoms with Crippen LogP contribution in [0.1, 0.15) is 58.4 Å². The number of aryl methyl sites for hydroxylation is 3. The molecule has 0 spiro atoms. The average Bonchev–Trinajstić information content (AvgIpc) is 3.04. The number of hydrogen-bond donors (Lipinski definition) is 1. The van der Waals surface area contributed by atoms with Gasteiger partial charge in [0.15, 0.2) is 0 Å². The van der Waals surface area contributed by atoms with E-state index < -0.39 is 0 Å². The molecule has 1 unspecified atom stereocenters. The van der Waals surface area contributed by atoms with Crippen molar-refractivity contribution in [2.24, 2.45) is 0 Å². The standard InChI is InChI=1S/C23H26N2O3/c1-5-18-10-12-19(13-11-18)15(2)24-23(26)20-8-6-7-9-22(20)27-14-21-16(3)25-28-17(21)4/h6-13,15H,5,14H2,1-4H3,(H,24,26). The number of nitrogens with zero attached hydrogens (tertiary/aromatic N) is 1. The number of para-hydroxylation sites is 1. The van der Waals surface area contributed by atoms with Gasteiger partial charge in [0.05, 0.1) is 22.9 Å². The predicted octanol–water partition coefficient (Wildman–Crippen LogP) is 4.92. The van der Waals surface area contributed by atoms with Gasteiger partial charge < -0.3 is 14.6 Å². The first-order valence-electron chi connectivity index (χ1n) is 9.52. The lowest BCUT2D eigenvalue weighted by atomic mass is 10.0. The van der Waals surface area contributed by atoms with Crippen molar-refractivity contribution in [2.45, 2.75) is 46.8 Å². The fraction of sp³-hybridized carbons (Fsp3) is 0.304. The largest absolute Gasteiger partial charge is 0.488 e. The summed E-state index contributed by atoms with van der Waals surface area (Å²) in [4.78, 5) is 12.8. The summed E-state index contributed by atoms with van der Waals surface area (Å²) in [7, 11) is 0. The van der Waals surface area contributed by atoms with Crippen molar-refractivity contribution in [2.75, 3.05) is 0 Å². The molecule has 5 heteroatoms. The number of amides is 1. The summed E-state index contributed by atoms with van der Waals surface area (Å²) < 4.78 is 11.1. The summed E-state index contributed by atoms with van der Waals surface area (Å²) in [5.74, 6) is 1.10. The molecule has 0 aliphatic heterocycles. The molecule has 0 saturated heterocycles. The zero-order valence-corrected chi connectivity index (χ0v) is 16.8. The minimum atomic E-state index is -0.165. The summed E-state index contributed by atoms with van der Waals surface area (Å²) in [5.41, 5.74) is 4.55. The highest BCUT2D eigenvalue weighted by Gasteiger charge is 2.17. The topological polar surface area (TPSA) is 64.4 Å². The molecule has 0 aliphatic carbocycles. The van der Waals surface area contributed by atoms with Gasteiger partial charge in [0.1, 0.15) is 18.1 Å². The maximum Gasteiger partial charge on any atom is 0.255 e. The van der Waals surface area contributed by atoms with E-state index in [-0.39, 0.29) is 11.9 Å². The number of aromatic nitrogens is 1. The summed E-state index contributed by atoms with van der Waals surface area (Å²) in [6.07, 6.45) is 0.997. The Morgan fingerprint density at radius 2 is 1.86 bits per heavy atom.